The minimum absolute atomic E-state index is 0.0637. The zero-order valence-electron chi connectivity index (χ0n) is 16.9. The molecule has 3 aromatic rings. The van der Waals surface area contributed by atoms with E-state index in [9.17, 15) is 9.59 Å². The lowest BCUT2D eigenvalue weighted by Crippen LogP contribution is -2.22. The molecule has 0 saturated carbocycles. The van der Waals surface area contributed by atoms with E-state index < -0.39 is 0 Å². The van der Waals surface area contributed by atoms with Crippen LogP contribution >= 0.6 is 0 Å². The number of hydrogen-bond acceptors (Lipinski definition) is 5. The van der Waals surface area contributed by atoms with Crippen LogP contribution in [0.4, 0.5) is 11.4 Å². The van der Waals surface area contributed by atoms with E-state index in [4.69, 9.17) is 9.26 Å². The molecule has 0 saturated heterocycles. The Bertz CT molecular complexity index is 1010. The molecule has 2 amide bonds. The van der Waals surface area contributed by atoms with Crippen LogP contribution in [0.2, 0.25) is 0 Å². The van der Waals surface area contributed by atoms with Crippen molar-refractivity contribution in [3.8, 4) is 5.75 Å². The van der Waals surface area contributed by atoms with Crippen molar-refractivity contribution in [1.29, 1.82) is 0 Å². The first-order valence-electron chi connectivity index (χ1n) is 9.16. The van der Waals surface area contributed by atoms with E-state index in [0.29, 0.717) is 22.8 Å². The molecule has 0 aliphatic rings. The van der Waals surface area contributed by atoms with Crippen LogP contribution in [-0.4, -0.2) is 24.0 Å². The molecule has 0 unspecified atom stereocenters. The van der Waals surface area contributed by atoms with E-state index in [1.54, 1.807) is 49.5 Å². The maximum atomic E-state index is 12.8. The van der Waals surface area contributed by atoms with Crippen LogP contribution in [-0.2, 0) is 11.4 Å². The number of para-hydroxylation sites is 1. The lowest BCUT2D eigenvalue weighted by molar-refractivity contribution is -0.116. The minimum atomic E-state index is -0.285. The van der Waals surface area contributed by atoms with Gasteiger partial charge in [0.25, 0.3) is 5.91 Å². The molecule has 29 heavy (non-hydrogen) atoms. The Kier molecular flexibility index (Phi) is 5.97. The summed E-state index contributed by atoms with van der Waals surface area (Å²) in [5.41, 5.74) is 3.42. The minimum Gasteiger partial charge on any atom is -0.488 e. The van der Waals surface area contributed by atoms with E-state index in [0.717, 1.165) is 16.9 Å². The van der Waals surface area contributed by atoms with Crippen LogP contribution in [0, 0.1) is 13.8 Å². The predicted octanol–water partition coefficient (Wildman–Crippen LogP) is 4.11. The Hall–Kier alpha value is -3.61. The summed E-state index contributed by atoms with van der Waals surface area (Å²) in [4.78, 5) is 25.8. The molecule has 1 N–H and O–H groups in total. The van der Waals surface area contributed by atoms with Gasteiger partial charge in [0, 0.05) is 25.3 Å². The number of hydrogen-bond donors (Lipinski definition) is 1. The van der Waals surface area contributed by atoms with Gasteiger partial charge in [-0.25, -0.2) is 0 Å². The molecular formula is C22H23N3O4. The van der Waals surface area contributed by atoms with Crippen molar-refractivity contribution < 1.29 is 18.8 Å². The molecule has 7 heteroatoms. The van der Waals surface area contributed by atoms with Gasteiger partial charge >= 0.3 is 0 Å². The smallest absolute Gasteiger partial charge is 0.259 e. The van der Waals surface area contributed by atoms with Crippen molar-refractivity contribution in [1.82, 2.24) is 5.16 Å². The second-order valence-electron chi connectivity index (χ2n) is 6.67. The van der Waals surface area contributed by atoms with E-state index in [2.05, 4.69) is 10.5 Å². The third kappa shape index (κ3) is 4.63. The summed E-state index contributed by atoms with van der Waals surface area (Å²) in [7, 11) is 1.70. The first kappa shape index (κ1) is 20.1. The molecule has 1 heterocycles. The van der Waals surface area contributed by atoms with Crippen molar-refractivity contribution in [3.63, 3.8) is 0 Å². The summed E-state index contributed by atoms with van der Waals surface area (Å²) in [5.74, 6) is 0.816. The molecule has 0 radical (unpaired) electrons. The van der Waals surface area contributed by atoms with Crippen molar-refractivity contribution >= 4 is 23.2 Å². The fraction of sp³-hybridized carbons (Fsp3) is 0.227. The number of carbonyl (C=O) groups excluding carboxylic acids is 2. The number of anilines is 2. The normalized spacial score (nSPS) is 10.5. The summed E-state index contributed by atoms with van der Waals surface area (Å²) in [6, 6.07) is 14.1. The topological polar surface area (TPSA) is 84.7 Å². The monoisotopic (exact) mass is 393 g/mol. The summed E-state index contributed by atoms with van der Waals surface area (Å²) < 4.78 is 11.0. The maximum Gasteiger partial charge on any atom is 0.259 e. The zero-order valence-corrected chi connectivity index (χ0v) is 16.9. The van der Waals surface area contributed by atoms with Gasteiger partial charge < -0.3 is 19.5 Å². The number of ether oxygens (including phenoxy) is 1. The highest BCUT2D eigenvalue weighted by atomic mass is 16.5. The highest BCUT2D eigenvalue weighted by molar-refractivity contribution is 6.06. The van der Waals surface area contributed by atoms with Gasteiger partial charge in [0.05, 0.1) is 16.8 Å². The van der Waals surface area contributed by atoms with Crippen molar-refractivity contribution in [2.24, 2.45) is 0 Å². The van der Waals surface area contributed by atoms with E-state index in [-0.39, 0.29) is 18.4 Å². The summed E-state index contributed by atoms with van der Waals surface area (Å²) in [6.45, 7) is 5.43. The number of nitrogens with one attached hydrogen (secondary N) is 1. The highest BCUT2D eigenvalue weighted by Crippen LogP contribution is 2.23. The fourth-order valence-electron chi connectivity index (χ4n) is 2.79. The quantitative estimate of drug-likeness (QED) is 0.681. The van der Waals surface area contributed by atoms with Crippen LogP contribution in [0.15, 0.2) is 53.1 Å². The summed E-state index contributed by atoms with van der Waals surface area (Å²) in [6.07, 6.45) is 0. The molecule has 1 aromatic heterocycles. The molecule has 0 atom stereocenters. The first-order valence-corrected chi connectivity index (χ1v) is 9.16. The van der Waals surface area contributed by atoms with Gasteiger partial charge in [-0.2, -0.15) is 0 Å². The maximum absolute atomic E-state index is 12.8. The van der Waals surface area contributed by atoms with Crippen LogP contribution in [0.25, 0.3) is 0 Å². The molecule has 0 aliphatic heterocycles. The van der Waals surface area contributed by atoms with Crippen LogP contribution < -0.4 is 15.0 Å². The third-order valence-electron chi connectivity index (χ3n) is 4.67. The standard InChI is InChI=1S/C22H23N3O4/c1-14-20(15(2)29-24-14)13-28-21-8-6-5-7-19(21)22(27)23-17-9-11-18(12-10-17)25(4)16(3)26/h5-12H,13H2,1-4H3,(H,23,27). The van der Waals surface area contributed by atoms with Crippen molar-refractivity contribution in [3.05, 3.63) is 71.1 Å². The number of nitrogens with zero attached hydrogens (tertiary/aromatic N) is 2. The number of amides is 2. The van der Waals surface area contributed by atoms with Crippen LogP contribution in [0.5, 0.6) is 5.75 Å². The molecule has 0 aliphatic carbocycles. The molecule has 3 rings (SSSR count). The van der Waals surface area contributed by atoms with Crippen molar-refractivity contribution in [2.75, 3.05) is 17.3 Å². The van der Waals surface area contributed by atoms with Crippen LogP contribution in [0.3, 0.4) is 0 Å². The third-order valence-corrected chi connectivity index (χ3v) is 4.67. The second kappa shape index (κ2) is 8.60. The first-order chi connectivity index (χ1) is 13.9. The Balaban J connectivity index is 1.72. The Morgan fingerprint density at radius 2 is 1.79 bits per heavy atom. The van der Waals surface area contributed by atoms with Gasteiger partial charge in [0.2, 0.25) is 5.91 Å². The molecule has 2 aromatic carbocycles. The second-order valence-corrected chi connectivity index (χ2v) is 6.67. The average Bonchev–Trinajstić information content (AvgIpc) is 3.04. The Labute approximate surface area is 169 Å². The molecule has 0 bridgehead atoms. The largest absolute Gasteiger partial charge is 0.488 e. The average molecular weight is 393 g/mol. The molecular weight excluding hydrogens is 370 g/mol. The molecule has 0 fully saturated rings. The molecule has 150 valence electrons. The number of aryl methyl sites for hydroxylation is 2. The molecule has 0 spiro atoms. The number of carbonyl (C=O) groups is 2. The van der Waals surface area contributed by atoms with Crippen LogP contribution in [0.1, 0.15) is 34.3 Å². The van der Waals surface area contributed by atoms with E-state index in [1.807, 2.05) is 19.9 Å². The van der Waals surface area contributed by atoms with Gasteiger partial charge in [-0.15, -0.1) is 0 Å². The lowest BCUT2D eigenvalue weighted by atomic mass is 10.1. The summed E-state index contributed by atoms with van der Waals surface area (Å²) >= 11 is 0. The fourth-order valence-corrected chi connectivity index (χ4v) is 2.79. The van der Waals surface area contributed by atoms with E-state index >= 15 is 0 Å². The number of rotatable bonds is 6. The number of benzene rings is 2. The van der Waals surface area contributed by atoms with Gasteiger partial charge in [-0.1, -0.05) is 17.3 Å². The van der Waals surface area contributed by atoms with Crippen molar-refractivity contribution in [2.45, 2.75) is 27.4 Å². The number of aromatic nitrogens is 1. The Morgan fingerprint density at radius 3 is 2.41 bits per heavy atom. The molecule has 7 nitrogen and oxygen atoms in total. The van der Waals surface area contributed by atoms with Gasteiger partial charge in [-0.05, 0) is 50.2 Å². The predicted molar refractivity (Wildman–Crippen MR) is 110 cm³/mol. The van der Waals surface area contributed by atoms with Gasteiger partial charge in [0.15, 0.2) is 0 Å². The van der Waals surface area contributed by atoms with Gasteiger partial charge in [-0.3, -0.25) is 9.59 Å². The van der Waals surface area contributed by atoms with E-state index in [1.165, 1.54) is 11.8 Å². The summed E-state index contributed by atoms with van der Waals surface area (Å²) in [5, 5.41) is 6.77. The Morgan fingerprint density at radius 1 is 1.10 bits per heavy atom. The zero-order chi connectivity index (χ0) is 21.0. The SMILES string of the molecule is CC(=O)N(C)c1ccc(NC(=O)c2ccccc2OCc2c(C)noc2C)cc1. The van der Waals surface area contributed by atoms with Gasteiger partial charge in [0.1, 0.15) is 18.1 Å². The highest BCUT2D eigenvalue weighted by Gasteiger charge is 2.15. The lowest BCUT2D eigenvalue weighted by Gasteiger charge is -2.16.